The maximum Gasteiger partial charge on any atom is 0.431 e. The van der Waals surface area contributed by atoms with Crippen molar-refractivity contribution in [3.63, 3.8) is 0 Å². The highest BCUT2D eigenvalue weighted by Crippen LogP contribution is 2.31. The normalized spacial score (nSPS) is 13.5. The lowest BCUT2D eigenvalue weighted by Crippen LogP contribution is -2.20. The first kappa shape index (κ1) is 13.7. The molecule has 0 bridgehead atoms. The Hall–Kier alpha value is -1.69. The summed E-state index contributed by atoms with van der Waals surface area (Å²) in [5.41, 5.74) is -0.0707. The second-order valence-electron chi connectivity index (χ2n) is 4.09. The molecule has 1 unspecified atom stereocenters. The van der Waals surface area contributed by atoms with E-state index in [0.29, 0.717) is 16.6 Å². The van der Waals surface area contributed by atoms with Crippen molar-refractivity contribution in [3.05, 3.63) is 30.0 Å². The van der Waals surface area contributed by atoms with Crippen LogP contribution in [0.3, 0.4) is 0 Å². The van der Waals surface area contributed by atoms with Crippen molar-refractivity contribution in [2.24, 2.45) is 0 Å². The first-order chi connectivity index (χ1) is 8.77. The Kier molecular flexibility index (Phi) is 3.45. The number of nitrogens with one attached hydrogen (secondary N) is 2. The van der Waals surface area contributed by atoms with E-state index in [1.54, 1.807) is 0 Å². The van der Waals surface area contributed by atoms with Gasteiger partial charge in [0.1, 0.15) is 11.1 Å². The highest BCUT2D eigenvalue weighted by Gasteiger charge is 2.32. The molecule has 2 N–H and O–H groups in total. The summed E-state index contributed by atoms with van der Waals surface area (Å²) >= 11 is 5.59. The molecule has 7 heteroatoms. The van der Waals surface area contributed by atoms with E-state index in [1.165, 1.54) is 25.1 Å². The Bertz CT molecular complexity index is 619. The molecule has 0 aliphatic rings. The number of carbonyl (C=O) groups is 1. The molecular formula is C12H10ClF3N2O. The second-order valence-corrected chi connectivity index (χ2v) is 4.74. The molecule has 0 saturated heterocycles. The van der Waals surface area contributed by atoms with Gasteiger partial charge in [-0.2, -0.15) is 13.2 Å². The zero-order chi connectivity index (χ0) is 14.2. The number of aromatic nitrogens is 1. The van der Waals surface area contributed by atoms with Crippen molar-refractivity contribution >= 4 is 34.1 Å². The van der Waals surface area contributed by atoms with Crippen LogP contribution in [-0.4, -0.2) is 16.3 Å². The summed E-state index contributed by atoms with van der Waals surface area (Å²) in [5, 5.41) is 2.17. The van der Waals surface area contributed by atoms with Gasteiger partial charge in [-0.15, -0.1) is 11.6 Å². The van der Waals surface area contributed by atoms with E-state index in [4.69, 9.17) is 11.6 Å². The Labute approximate surface area is 111 Å². The van der Waals surface area contributed by atoms with Gasteiger partial charge in [-0.05, 0) is 31.2 Å². The number of halogens is 4. The fourth-order valence-electron chi connectivity index (χ4n) is 1.60. The largest absolute Gasteiger partial charge is 0.431 e. The van der Waals surface area contributed by atoms with Crippen LogP contribution >= 0.6 is 11.6 Å². The average Bonchev–Trinajstić information content (AvgIpc) is 2.71. The van der Waals surface area contributed by atoms with Crippen molar-refractivity contribution in [3.8, 4) is 0 Å². The Morgan fingerprint density at radius 2 is 2.05 bits per heavy atom. The van der Waals surface area contributed by atoms with Crippen molar-refractivity contribution in [1.82, 2.24) is 4.98 Å². The van der Waals surface area contributed by atoms with Gasteiger partial charge in [-0.1, -0.05) is 0 Å². The molecule has 19 heavy (non-hydrogen) atoms. The molecule has 1 atom stereocenters. The topological polar surface area (TPSA) is 44.9 Å². The van der Waals surface area contributed by atoms with Gasteiger partial charge in [0.2, 0.25) is 5.91 Å². The SMILES string of the molecule is CC(Cl)C(=O)Nc1ccc2[nH]c(C(F)(F)F)cc2c1. The number of amides is 1. The fourth-order valence-corrected chi connectivity index (χ4v) is 1.66. The van der Waals surface area contributed by atoms with Gasteiger partial charge in [-0.25, -0.2) is 0 Å². The molecule has 2 aromatic rings. The number of carbonyl (C=O) groups excluding carboxylic acids is 1. The number of alkyl halides is 4. The minimum Gasteiger partial charge on any atom is -0.351 e. The van der Waals surface area contributed by atoms with Gasteiger partial charge in [0.15, 0.2) is 0 Å². The van der Waals surface area contributed by atoms with Crippen LogP contribution in [0.2, 0.25) is 0 Å². The summed E-state index contributed by atoms with van der Waals surface area (Å²) in [4.78, 5) is 13.7. The zero-order valence-corrected chi connectivity index (χ0v) is 10.6. The maximum atomic E-state index is 12.5. The van der Waals surface area contributed by atoms with Crippen molar-refractivity contribution in [1.29, 1.82) is 0 Å². The van der Waals surface area contributed by atoms with Gasteiger partial charge in [0.05, 0.1) is 0 Å². The summed E-state index contributed by atoms with van der Waals surface area (Å²) in [6.07, 6.45) is -4.42. The number of aromatic amines is 1. The number of benzene rings is 1. The Morgan fingerprint density at radius 1 is 1.37 bits per heavy atom. The predicted octanol–water partition coefficient (Wildman–Crippen LogP) is 3.75. The summed E-state index contributed by atoms with van der Waals surface area (Å²) < 4.78 is 37.6. The molecule has 0 aliphatic carbocycles. The highest BCUT2D eigenvalue weighted by molar-refractivity contribution is 6.32. The predicted molar refractivity (Wildman–Crippen MR) is 67.2 cm³/mol. The number of H-pyrrole nitrogens is 1. The van der Waals surface area contributed by atoms with E-state index in [9.17, 15) is 18.0 Å². The van der Waals surface area contributed by atoms with E-state index in [1.807, 2.05) is 0 Å². The Morgan fingerprint density at radius 3 is 2.63 bits per heavy atom. The molecule has 3 nitrogen and oxygen atoms in total. The summed E-state index contributed by atoms with van der Waals surface area (Å²) in [7, 11) is 0. The van der Waals surface area contributed by atoms with Crippen LogP contribution in [0.25, 0.3) is 10.9 Å². The summed E-state index contributed by atoms with van der Waals surface area (Å²) in [6.45, 7) is 1.51. The van der Waals surface area contributed by atoms with Gasteiger partial charge in [-0.3, -0.25) is 4.79 Å². The zero-order valence-electron chi connectivity index (χ0n) is 9.81. The molecule has 0 saturated carbocycles. The Balaban J connectivity index is 2.33. The molecule has 2 rings (SSSR count). The van der Waals surface area contributed by atoms with Gasteiger partial charge in [0.25, 0.3) is 0 Å². The third kappa shape index (κ3) is 3.01. The quantitative estimate of drug-likeness (QED) is 0.813. The number of rotatable bonds is 2. The monoisotopic (exact) mass is 290 g/mol. The lowest BCUT2D eigenvalue weighted by Gasteiger charge is -2.06. The lowest BCUT2D eigenvalue weighted by atomic mass is 10.2. The van der Waals surface area contributed by atoms with Crippen LogP contribution in [0, 0.1) is 0 Å². The molecule has 1 amide bonds. The number of hydrogen-bond acceptors (Lipinski definition) is 1. The number of fused-ring (bicyclic) bond motifs is 1. The fraction of sp³-hybridized carbons (Fsp3) is 0.250. The van der Waals surface area contributed by atoms with E-state index in [-0.39, 0.29) is 0 Å². The molecule has 1 heterocycles. The molecule has 0 spiro atoms. The van der Waals surface area contributed by atoms with Crippen molar-refractivity contribution in [2.45, 2.75) is 18.5 Å². The van der Waals surface area contributed by atoms with E-state index >= 15 is 0 Å². The van der Waals surface area contributed by atoms with Gasteiger partial charge < -0.3 is 10.3 Å². The number of anilines is 1. The maximum absolute atomic E-state index is 12.5. The van der Waals surface area contributed by atoms with Gasteiger partial charge >= 0.3 is 6.18 Å². The van der Waals surface area contributed by atoms with Crippen LogP contribution in [0.4, 0.5) is 18.9 Å². The van der Waals surface area contributed by atoms with E-state index in [2.05, 4.69) is 10.3 Å². The third-order valence-corrected chi connectivity index (χ3v) is 2.75. The molecular weight excluding hydrogens is 281 g/mol. The van der Waals surface area contributed by atoms with Crippen molar-refractivity contribution in [2.75, 3.05) is 5.32 Å². The van der Waals surface area contributed by atoms with Crippen LogP contribution in [0.15, 0.2) is 24.3 Å². The smallest absolute Gasteiger partial charge is 0.351 e. The summed E-state index contributed by atoms with van der Waals surface area (Å²) in [6, 6.07) is 5.43. The highest BCUT2D eigenvalue weighted by atomic mass is 35.5. The third-order valence-electron chi connectivity index (χ3n) is 2.55. The first-order valence-corrected chi connectivity index (χ1v) is 5.86. The van der Waals surface area contributed by atoms with Gasteiger partial charge in [0, 0.05) is 16.6 Å². The molecule has 102 valence electrons. The summed E-state index contributed by atoms with van der Waals surface area (Å²) in [5.74, 6) is -0.410. The van der Waals surface area contributed by atoms with Crippen molar-refractivity contribution < 1.29 is 18.0 Å². The van der Waals surface area contributed by atoms with Crippen LogP contribution in [0.5, 0.6) is 0 Å². The molecule has 0 aliphatic heterocycles. The van der Waals surface area contributed by atoms with Crippen LogP contribution < -0.4 is 5.32 Å². The molecule has 0 radical (unpaired) electrons. The minimum atomic E-state index is -4.42. The lowest BCUT2D eigenvalue weighted by molar-refractivity contribution is -0.140. The molecule has 1 aromatic carbocycles. The number of hydrogen-bond donors (Lipinski definition) is 2. The first-order valence-electron chi connectivity index (χ1n) is 5.42. The molecule has 1 aromatic heterocycles. The van der Waals surface area contributed by atoms with E-state index < -0.39 is 23.2 Å². The molecule has 0 fully saturated rings. The average molecular weight is 291 g/mol. The standard InChI is InChI=1S/C12H10ClF3N2O/c1-6(13)11(19)17-8-2-3-9-7(4-8)5-10(18-9)12(14,15)16/h2-6,18H,1H3,(H,17,19). The van der Waals surface area contributed by atoms with Crippen LogP contribution in [0.1, 0.15) is 12.6 Å². The second kappa shape index (κ2) is 4.77. The van der Waals surface area contributed by atoms with E-state index in [0.717, 1.165) is 6.07 Å². The minimum absolute atomic E-state index is 0.351. The van der Waals surface area contributed by atoms with Crippen LogP contribution in [-0.2, 0) is 11.0 Å².